The molecule has 0 saturated carbocycles. The van der Waals surface area contributed by atoms with Crippen molar-refractivity contribution in [2.24, 2.45) is 0 Å². The van der Waals surface area contributed by atoms with E-state index in [0.717, 1.165) is 12.1 Å². The summed E-state index contributed by atoms with van der Waals surface area (Å²) in [6.07, 6.45) is -6.68. The van der Waals surface area contributed by atoms with Gasteiger partial charge in [-0.15, -0.1) is 0 Å². The summed E-state index contributed by atoms with van der Waals surface area (Å²) in [4.78, 5) is -0.514. The van der Waals surface area contributed by atoms with Crippen LogP contribution in [0, 0.1) is 0 Å². The van der Waals surface area contributed by atoms with Crippen molar-refractivity contribution in [1.29, 1.82) is 0 Å². The summed E-state index contributed by atoms with van der Waals surface area (Å²) in [6.45, 7) is 3.36. The minimum absolute atomic E-state index is 0.147. The summed E-state index contributed by atoms with van der Waals surface area (Å²) in [7, 11) is 11.4. The Morgan fingerprint density at radius 1 is 1.08 bits per heavy atom. The summed E-state index contributed by atoms with van der Waals surface area (Å²) in [6, 6.07) is 3.12. The number of alkyl halides is 7. The van der Waals surface area contributed by atoms with E-state index in [1.54, 1.807) is 13.8 Å². The SMILES string of the molecule is CC(C)Oc1ccc(SC(F)(F)C(F)(F)C(F)(F)F)cc1[CH]=[Ru]([Cl])[Cl]. The van der Waals surface area contributed by atoms with E-state index in [-0.39, 0.29) is 17.4 Å². The second-order valence-corrected chi connectivity index (χ2v) is 11.8. The topological polar surface area (TPSA) is 9.23 Å². The molecule has 0 atom stereocenters. The summed E-state index contributed by atoms with van der Waals surface area (Å²) < 4.78 is 96.3. The number of hydrogen-bond donors (Lipinski definition) is 0. The second-order valence-electron chi connectivity index (χ2n) is 4.86. The Balaban J connectivity index is 3.25. The van der Waals surface area contributed by atoms with Gasteiger partial charge in [-0.25, -0.2) is 0 Å². The molecule has 146 valence electrons. The van der Waals surface area contributed by atoms with Crippen LogP contribution in [0.3, 0.4) is 0 Å². The third-order valence-electron chi connectivity index (χ3n) is 2.50. The third kappa shape index (κ3) is 5.98. The molecule has 0 radical (unpaired) electrons. The van der Waals surface area contributed by atoms with Crippen LogP contribution in [0.2, 0.25) is 0 Å². The van der Waals surface area contributed by atoms with Crippen LogP contribution in [0.4, 0.5) is 30.7 Å². The van der Waals surface area contributed by atoms with Crippen LogP contribution in [-0.2, 0) is 13.5 Å². The van der Waals surface area contributed by atoms with Crippen molar-refractivity contribution in [1.82, 2.24) is 0 Å². The molecule has 1 aromatic carbocycles. The molecular weight excluding hydrogens is 509 g/mol. The van der Waals surface area contributed by atoms with E-state index in [1.807, 2.05) is 0 Å². The van der Waals surface area contributed by atoms with Gasteiger partial charge >= 0.3 is 156 Å². The van der Waals surface area contributed by atoms with Crippen molar-refractivity contribution in [2.75, 3.05) is 0 Å². The van der Waals surface area contributed by atoms with Crippen LogP contribution in [0.15, 0.2) is 23.1 Å². The van der Waals surface area contributed by atoms with E-state index in [2.05, 4.69) is 0 Å². The average Bonchev–Trinajstić information content (AvgIpc) is 2.38. The van der Waals surface area contributed by atoms with Gasteiger partial charge in [-0.05, 0) is 0 Å². The van der Waals surface area contributed by atoms with Gasteiger partial charge in [0.1, 0.15) is 0 Å². The molecule has 0 bridgehead atoms. The van der Waals surface area contributed by atoms with Crippen LogP contribution >= 0.6 is 31.1 Å². The Morgan fingerprint density at radius 3 is 2.08 bits per heavy atom. The van der Waals surface area contributed by atoms with Crippen molar-refractivity contribution in [2.45, 2.75) is 42.2 Å². The predicted molar refractivity (Wildman–Crippen MR) is 80.9 cm³/mol. The van der Waals surface area contributed by atoms with Gasteiger partial charge in [0, 0.05) is 0 Å². The first-order valence-electron chi connectivity index (χ1n) is 6.32. The number of rotatable bonds is 6. The van der Waals surface area contributed by atoms with Gasteiger partial charge in [0.25, 0.3) is 0 Å². The monoisotopic (exact) mass is 520 g/mol. The zero-order chi connectivity index (χ0) is 19.6. The Hall–Kier alpha value is -0.0466. The van der Waals surface area contributed by atoms with Gasteiger partial charge in [-0.2, -0.15) is 0 Å². The van der Waals surface area contributed by atoms with Gasteiger partial charge in [0.05, 0.1) is 0 Å². The summed E-state index contributed by atoms with van der Waals surface area (Å²) in [5.41, 5.74) is 0.147. The molecule has 0 aromatic heterocycles. The molecular formula is C13H11Cl2F7ORuS. The van der Waals surface area contributed by atoms with Crippen LogP contribution in [0.5, 0.6) is 5.75 Å². The van der Waals surface area contributed by atoms with Crippen LogP contribution in [0.25, 0.3) is 0 Å². The number of hydrogen-bond acceptors (Lipinski definition) is 2. The Bertz CT molecular complexity index is 646. The molecule has 0 amide bonds. The molecule has 0 heterocycles. The number of ether oxygens (including phenoxy) is 1. The molecule has 25 heavy (non-hydrogen) atoms. The molecule has 0 spiro atoms. The zero-order valence-electron chi connectivity index (χ0n) is 12.5. The van der Waals surface area contributed by atoms with Crippen LogP contribution < -0.4 is 4.74 Å². The van der Waals surface area contributed by atoms with Gasteiger partial charge in [0.2, 0.25) is 0 Å². The second kappa shape index (κ2) is 8.32. The molecule has 0 N–H and O–H groups in total. The fraction of sp³-hybridized carbons (Fsp3) is 0.462. The van der Waals surface area contributed by atoms with Gasteiger partial charge in [0.15, 0.2) is 0 Å². The molecule has 0 fully saturated rings. The van der Waals surface area contributed by atoms with Crippen molar-refractivity contribution >= 4 is 35.8 Å². The van der Waals surface area contributed by atoms with Crippen LogP contribution in [-0.4, -0.2) is 28.1 Å². The van der Waals surface area contributed by atoms with E-state index in [0.29, 0.717) is 0 Å². The van der Waals surface area contributed by atoms with E-state index in [9.17, 15) is 30.7 Å². The van der Waals surface area contributed by atoms with E-state index < -0.39 is 47.5 Å². The van der Waals surface area contributed by atoms with Crippen molar-refractivity contribution in [3.05, 3.63) is 23.8 Å². The normalized spacial score (nSPS) is 13.8. The number of benzene rings is 1. The third-order valence-corrected chi connectivity index (χ3v) is 5.33. The molecule has 0 aliphatic carbocycles. The standard InChI is InChI=1S/C13H11F7OS.2ClH.Ru/c1-7(2)21-10-5-4-9(6-8(10)3)22-13(19,20)11(14,15)12(16,17)18;;;/h3-7H,1-2H3;2*1H;/q;;;+2/p-2. The van der Waals surface area contributed by atoms with Gasteiger partial charge < -0.3 is 0 Å². The van der Waals surface area contributed by atoms with Gasteiger partial charge in [-0.3, -0.25) is 0 Å². The van der Waals surface area contributed by atoms with E-state index >= 15 is 0 Å². The van der Waals surface area contributed by atoms with Crippen LogP contribution in [0.1, 0.15) is 19.4 Å². The van der Waals surface area contributed by atoms with Gasteiger partial charge in [-0.1, -0.05) is 0 Å². The fourth-order valence-corrected chi connectivity index (χ4v) is 4.14. The quantitative estimate of drug-likeness (QED) is 0.243. The Kier molecular flexibility index (Phi) is 7.65. The molecule has 0 unspecified atom stereocenters. The first kappa shape index (κ1) is 23.0. The molecule has 1 nitrogen and oxygen atoms in total. The van der Waals surface area contributed by atoms with Crippen molar-refractivity contribution in [3.63, 3.8) is 0 Å². The molecule has 1 rings (SSSR count). The summed E-state index contributed by atoms with van der Waals surface area (Å²) in [5.74, 6) is -6.00. The summed E-state index contributed by atoms with van der Waals surface area (Å²) in [5, 5.41) is -5.40. The minimum atomic E-state index is -6.39. The number of thioether (sulfide) groups is 1. The first-order valence-corrected chi connectivity index (χ1v) is 12.6. The molecule has 0 aliphatic heterocycles. The Labute approximate surface area is 156 Å². The number of halogens is 9. The zero-order valence-corrected chi connectivity index (χ0v) is 16.5. The maximum atomic E-state index is 13.5. The van der Waals surface area contributed by atoms with E-state index in [1.165, 1.54) is 10.7 Å². The van der Waals surface area contributed by atoms with Crippen molar-refractivity contribution < 1.29 is 49.0 Å². The maximum absolute atomic E-state index is 13.5. The predicted octanol–water partition coefficient (Wildman–Crippen LogP) is 6.43. The Morgan fingerprint density at radius 2 is 1.64 bits per heavy atom. The molecule has 0 saturated heterocycles. The van der Waals surface area contributed by atoms with E-state index in [4.69, 9.17) is 24.1 Å². The first-order chi connectivity index (χ1) is 11.2. The molecule has 12 heteroatoms. The molecule has 1 aromatic rings. The molecule has 0 aliphatic rings. The summed E-state index contributed by atoms with van der Waals surface area (Å²) >= 11 is -3.33. The average molecular weight is 520 g/mol. The van der Waals surface area contributed by atoms with Crippen molar-refractivity contribution in [3.8, 4) is 5.75 Å². The fourth-order valence-electron chi connectivity index (χ4n) is 1.49.